The van der Waals surface area contributed by atoms with E-state index in [0.717, 1.165) is 12.1 Å². The predicted molar refractivity (Wildman–Crippen MR) is 52.7 cm³/mol. The van der Waals surface area contributed by atoms with E-state index in [1.54, 1.807) is 0 Å². The van der Waals surface area contributed by atoms with E-state index < -0.39 is 22.7 Å². The molecule has 2 N–H and O–H groups in total. The first-order valence-electron chi connectivity index (χ1n) is 3.60. The lowest BCUT2D eigenvalue weighted by Gasteiger charge is -2.11. The molecular formula is C8H4BrClF3NO. The molecule has 82 valence electrons. The minimum Gasteiger partial charge on any atom is -0.366 e. The van der Waals surface area contributed by atoms with Crippen LogP contribution in [-0.4, -0.2) is 5.91 Å². The maximum absolute atomic E-state index is 12.4. The zero-order valence-electron chi connectivity index (χ0n) is 7.03. The lowest BCUT2D eigenvalue weighted by molar-refractivity contribution is -0.137. The molecular weight excluding hydrogens is 298 g/mol. The Kier molecular flexibility index (Phi) is 3.30. The number of benzene rings is 1. The topological polar surface area (TPSA) is 43.1 Å². The average Bonchev–Trinajstić information content (AvgIpc) is 2.00. The van der Waals surface area contributed by atoms with Crippen LogP contribution in [0.4, 0.5) is 13.2 Å². The van der Waals surface area contributed by atoms with Crippen molar-refractivity contribution in [2.24, 2.45) is 5.73 Å². The first-order chi connectivity index (χ1) is 6.75. The molecule has 0 unspecified atom stereocenters. The molecule has 0 radical (unpaired) electrons. The van der Waals surface area contributed by atoms with Crippen molar-refractivity contribution in [1.82, 2.24) is 0 Å². The highest BCUT2D eigenvalue weighted by Crippen LogP contribution is 2.38. The second kappa shape index (κ2) is 4.02. The molecule has 1 rings (SSSR count). The summed E-state index contributed by atoms with van der Waals surface area (Å²) in [6.45, 7) is 0. The molecule has 0 atom stereocenters. The second-order valence-corrected chi connectivity index (χ2v) is 3.88. The van der Waals surface area contributed by atoms with Crippen LogP contribution in [0.25, 0.3) is 0 Å². The van der Waals surface area contributed by atoms with Gasteiger partial charge in [-0.1, -0.05) is 11.6 Å². The number of halogens is 5. The van der Waals surface area contributed by atoms with Gasteiger partial charge in [0.1, 0.15) is 0 Å². The number of hydrogen-bond donors (Lipinski definition) is 1. The number of rotatable bonds is 1. The Morgan fingerprint density at radius 1 is 1.40 bits per heavy atom. The van der Waals surface area contributed by atoms with Crippen LogP contribution < -0.4 is 5.73 Å². The third-order valence-electron chi connectivity index (χ3n) is 1.64. The molecule has 0 bridgehead atoms. The van der Waals surface area contributed by atoms with E-state index in [0.29, 0.717) is 0 Å². The Labute approximate surface area is 96.3 Å². The summed E-state index contributed by atoms with van der Waals surface area (Å²) in [5, 5.41) is -0.690. The molecule has 1 aromatic carbocycles. The van der Waals surface area contributed by atoms with Crippen LogP contribution in [0.5, 0.6) is 0 Å². The normalized spacial score (nSPS) is 11.5. The van der Waals surface area contributed by atoms with Crippen LogP contribution in [0.3, 0.4) is 0 Å². The monoisotopic (exact) mass is 301 g/mol. The van der Waals surface area contributed by atoms with Gasteiger partial charge < -0.3 is 5.73 Å². The molecule has 15 heavy (non-hydrogen) atoms. The van der Waals surface area contributed by atoms with Crippen molar-refractivity contribution in [2.45, 2.75) is 6.18 Å². The standard InChI is InChI=1S/C8H4BrClF3NO/c9-4-2-1-3(8(11,12)13)6(10)5(4)7(14)15/h1-2H,(H2,14,15). The van der Waals surface area contributed by atoms with E-state index in [1.165, 1.54) is 0 Å². The summed E-state index contributed by atoms with van der Waals surface area (Å²) in [4.78, 5) is 10.9. The Bertz CT molecular complexity index is 419. The number of amides is 1. The third-order valence-corrected chi connectivity index (χ3v) is 2.70. The molecule has 1 amide bonds. The largest absolute Gasteiger partial charge is 0.417 e. The van der Waals surface area contributed by atoms with Gasteiger partial charge in [-0.05, 0) is 28.1 Å². The SMILES string of the molecule is NC(=O)c1c(Br)ccc(C(F)(F)F)c1Cl. The zero-order valence-corrected chi connectivity index (χ0v) is 9.37. The van der Waals surface area contributed by atoms with E-state index >= 15 is 0 Å². The van der Waals surface area contributed by atoms with Crippen molar-refractivity contribution in [2.75, 3.05) is 0 Å². The van der Waals surface area contributed by atoms with Crippen molar-refractivity contribution in [3.63, 3.8) is 0 Å². The number of hydrogen-bond acceptors (Lipinski definition) is 1. The molecule has 0 aliphatic rings. The average molecular weight is 302 g/mol. The molecule has 0 saturated carbocycles. The fourth-order valence-corrected chi connectivity index (χ4v) is 2.00. The van der Waals surface area contributed by atoms with Crippen molar-refractivity contribution in [3.8, 4) is 0 Å². The van der Waals surface area contributed by atoms with Gasteiger partial charge in [0.2, 0.25) is 0 Å². The Morgan fingerprint density at radius 3 is 2.33 bits per heavy atom. The summed E-state index contributed by atoms with van der Waals surface area (Å²) in [6, 6.07) is 1.85. The summed E-state index contributed by atoms with van der Waals surface area (Å²) < 4.78 is 37.2. The number of alkyl halides is 3. The summed E-state index contributed by atoms with van der Waals surface area (Å²) in [5.41, 5.74) is 3.46. The van der Waals surface area contributed by atoms with Crippen molar-refractivity contribution in [1.29, 1.82) is 0 Å². The Morgan fingerprint density at radius 2 is 1.93 bits per heavy atom. The number of nitrogens with two attached hydrogens (primary N) is 1. The Balaban J connectivity index is 3.49. The highest BCUT2D eigenvalue weighted by molar-refractivity contribution is 9.10. The van der Waals surface area contributed by atoms with Crippen molar-refractivity contribution >= 4 is 33.4 Å². The van der Waals surface area contributed by atoms with Gasteiger partial charge in [-0.2, -0.15) is 13.2 Å². The third kappa shape index (κ3) is 2.43. The molecule has 0 aliphatic heterocycles. The number of carbonyl (C=O) groups is 1. The van der Waals surface area contributed by atoms with E-state index in [1.807, 2.05) is 0 Å². The number of carbonyl (C=O) groups excluding carboxylic acids is 1. The summed E-state index contributed by atoms with van der Waals surface area (Å²) in [5.74, 6) is -1.02. The zero-order chi connectivity index (χ0) is 11.8. The van der Waals surface area contributed by atoms with Crippen molar-refractivity contribution < 1.29 is 18.0 Å². The molecule has 7 heteroatoms. The van der Waals surface area contributed by atoms with E-state index in [-0.39, 0.29) is 10.0 Å². The quantitative estimate of drug-likeness (QED) is 0.850. The van der Waals surface area contributed by atoms with Crippen LogP contribution in [-0.2, 0) is 6.18 Å². The highest BCUT2D eigenvalue weighted by Gasteiger charge is 2.35. The van der Waals surface area contributed by atoms with E-state index in [2.05, 4.69) is 15.9 Å². The minimum atomic E-state index is -4.61. The first-order valence-corrected chi connectivity index (χ1v) is 4.77. The molecule has 0 aliphatic carbocycles. The van der Waals surface area contributed by atoms with Crippen LogP contribution in [0.15, 0.2) is 16.6 Å². The predicted octanol–water partition coefficient (Wildman–Crippen LogP) is 3.22. The van der Waals surface area contributed by atoms with Gasteiger partial charge in [0.15, 0.2) is 0 Å². The molecule has 0 saturated heterocycles. The molecule has 0 aromatic heterocycles. The van der Waals surface area contributed by atoms with Gasteiger partial charge in [-0.15, -0.1) is 0 Å². The maximum atomic E-state index is 12.4. The fraction of sp³-hybridized carbons (Fsp3) is 0.125. The first kappa shape index (κ1) is 12.3. The highest BCUT2D eigenvalue weighted by atomic mass is 79.9. The lowest BCUT2D eigenvalue weighted by atomic mass is 10.1. The van der Waals surface area contributed by atoms with Crippen LogP contribution in [0.2, 0.25) is 5.02 Å². The summed E-state index contributed by atoms with van der Waals surface area (Å²) >= 11 is 8.34. The lowest BCUT2D eigenvalue weighted by Crippen LogP contribution is -2.15. The smallest absolute Gasteiger partial charge is 0.366 e. The van der Waals surface area contributed by atoms with Gasteiger partial charge in [0.25, 0.3) is 5.91 Å². The summed E-state index contributed by atoms with van der Waals surface area (Å²) in [7, 11) is 0. The number of primary amides is 1. The molecule has 0 spiro atoms. The van der Waals surface area contributed by atoms with E-state index in [9.17, 15) is 18.0 Å². The van der Waals surface area contributed by atoms with Crippen LogP contribution in [0.1, 0.15) is 15.9 Å². The minimum absolute atomic E-state index is 0.132. The van der Waals surface area contributed by atoms with Crippen LogP contribution >= 0.6 is 27.5 Å². The van der Waals surface area contributed by atoms with Gasteiger partial charge in [0.05, 0.1) is 16.1 Å². The summed E-state index contributed by atoms with van der Waals surface area (Å²) in [6.07, 6.45) is -4.61. The Hall–Kier alpha value is -0.750. The van der Waals surface area contributed by atoms with E-state index in [4.69, 9.17) is 17.3 Å². The molecule has 2 nitrogen and oxygen atoms in total. The van der Waals surface area contributed by atoms with Gasteiger partial charge in [-0.25, -0.2) is 0 Å². The van der Waals surface area contributed by atoms with Gasteiger partial charge in [-0.3, -0.25) is 4.79 Å². The van der Waals surface area contributed by atoms with Gasteiger partial charge >= 0.3 is 6.18 Å². The molecule has 0 fully saturated rings. The fourth-order valence-electron chi connectivity index (χ4n) is 0.997. The second-order valence-electron chi connectivity index (χ2n) is 2.65. The molecule has 1 aromatic rings. The van der Waals surface area contributed by atoms with Crippen LogP contribution in [0, 0.1) is 0 Å². The maximum Gasteiger partial charge on any atom is 0.417 e. The van der Waals surface area contributed by atoms with Gasteiger partial charge in [0, 0.05) is 4.47 Å². The molecule has 0 heterocycles. The van der Waals surface area contributed by atoms with Crippen molar-refractivity contribution in [3.05, 3.63) is 32.8 Å².